The van der Waals surface area contributed by atoms with Crippen LogP contribution < -0.4 is 5.32 Å². The quantitative estimate of drug-likeness (QED) is 0.612. The Bertz CT molecular complexity index is 1160. The first-order chi connectivity index (χ1) is 14.3. The second-order valence-corrected chi connectivity index (χ2v) is 10.4. The van der Waals surface area contributed by atoms with Gasteiger partial charge in [0.05, 0.1) is 5.69 Å². The first-order valence-electron chi connectivity index (χ1n) is 9.54. The molecule has 1 aromatic carbocycles. The molecule has 1 fully saturated rings. The van der Waals surface area contributed by atoms with Crippen LogP contribution in [0.1, 0.15) is 29.8 Å². The van der Waals surface area contributed by atoms with Gasteiger partial charge in [-0.15, -0.1) is 11.3 Å². The van der Waals surface area contributed by atoms with Crippen LogP contribution in [0.25, 0.3) is 11.3 Å². The number of rotatable bonds is 5. The van der Waals surface area contributed by atoms with E-state index >= 15 is 0 Å². The van der Waals surface area contributed by atoms with Crippen molar-refractivity contribution < 1.29 is 13.2 Å². The molecule has 0 radical (unpaired) electrons. The molecule has 0 bridgehead atoms. The van der Waals surface area contributed by atoms with Crippen LogP contribution in [0.3, 0.4) is 0 Å². The number of carbonyl (C=O) groups is 1. The summed E-state index contributed by atoms with van der Waals surface area (Å²) in [6.45, 7) is 1.04. The molecule has 3 aromatic rings. The van der Waals surface area contributed by atoms with Crippen LogP contribution in [-0.2, 0) is 17.1 Å². The van der Waals surface area contributed by atoms with Gasteiger partial charge >= 0.3 is 0 Å². The second kappa shape index (κ2) is 8.50. The van der Waals surface area contributed by atoms with Crippen molar-refractivity contribution in [2.24, 2.45) is 7.05 Å². The Balaban J connectivity index is 1.51. The van der Waals surface area contributed by atoms with Crippen molar-refractivity contribution in [1.29, 1.82) is 0 Å². The molecule has 3 heterocycles. The molecule has 1 amide bonds. The highest BCUT2D eigenvalue weighted by atomic mass is 35.5. The largest absolute Gasteiger partial charge is 0.345 e. The van der Waals surface area contributed by atoms with E-state index in [1.807, 2.05) is 17.5 Å². The Morgan fingerprint density at radius 1 is 1.17 bits per heavy atom. The fraction of sp³-hybridized carbons (Fsp3) is 0.300. The number of piperidine rings is 1. The summed E-state index contributed by atoms with van der Waals surface area (Å²) in [7, 11) is -1.94. The van der Waals surface area contributed by atoms with Gasteiger partial charge in [0.2, 0.25) is 10.0 Å². The normalized spacial score (nSPS) is 15.3. The summed E-state index contributed by atoms with van der Waals surface area (Å²) in [4.78, 5) is 17.3. The highest BCUT2D eigenvalue weighted by molar-refractivity contribution is 7.89. The molecule has 7 nitrogen and oxygen atoms in total. The van der Waals surface area contributed by atoms with E-state index in [9.17, 15) is 13.2 Å². The van der Waals surface area contributed by atoms with Gasteiger partial charge in [-0.3, -0.25) is 10.1 Å². The summed E-state index contributed by atoms with van der Waals surface area (Å²) in [5.41, 5.74) is 1.88. The van der Waals surface area contributed by atoms with E-state index in [-0.39, 0.29) is 10.6 Å². The summed E-state index contributed by atoms with van der Waals surface area (Å²) < 4.78 is 28.8. The number of nitrogens with one attached hydrogen (secondary N) is 1. The number of aryl methyl sites for hydroxylation is 1. The lowest BCUT2D eigenvalue weighted by Crippen LogP contribution is -2.35. The molecule has 0 unspecified atom stereocenters. The van der Waals surface area contributed by atoms with Gasteiger partial charge in [-0.25, -0.2) is 13.4 Å². The van der Waals surface area contributed by atoms with Gasteiger partial charge in [0.1, 0.15) is 10.6 Å². The molecular weight excluding hydrogens is 444 g/mol. The van der Waals surface area contributed by atoms with Gasteiger partial charge in [0, 0.05) is 42.3 Å². The van der Waals surface area contributed by atoms with E-state index in [1.165, 1.54) is 32.5 Å². The minimum atomic E-state index is -3.60. The highest BCUT2D eigenvalue weighted by Crippen LogP contribution is 2.27. The number of sulfonamides is 1. The number of hydrogen-bond acceptors (Lipinski definition) is 5. The molecule has 1 N–H and O–H groups in total. The maximum Gasteiger partial charge on any atom is 0.274 e. The molecule has 1 saturated heterocycles. The minimum absolute atomic E-state index is 0.137. The predicted octanol–water partition coefficient (Wildman–Crippen LogP) is 4.23. The lowest BCUT2D eigenvalue weighted by molar-refractivity contribution is 0.101. The number of carbonyl (C=O) groups excluding carboxylic acids is 1. The SMILES string of the molecule is Cn1cc(S(=O)(=O)N2CCCCC2)cc1C(=O)Nc1nc(-c2ccc(Cl)cc2)cs1. The van der Waals surface area contributed by atoms with Crippen molar-refractivity contribution in [2.45, 2.75) is 24.2 Å². The maximum absolute atomic E-state index is 12.9. The van der Waals surface area contributed by atoms with Crippen LogP contribution in [0.4, 0.5) is 5.13 Å². The number of hydrogen-bond donors (Lipinski definition) is 1. The third-order valence-corrected chi connectivity index (χ3v) is 7.90. The molecule has 0 spiro atoms. The fourth-order valence-electron chi connectivity index (χ4n) is 3.40. The van der Waals surface area contributed by atoms with E-state index < -0.39 is 15.9 Å². The summed E-state index contributed by atoms with van der Waals surface area (Å²) in [6.07, 6.45) is 4.25. The molecule has 1 aliphatic rings. The average molecular weight is 465 g/mol. The zero-order chi connectivity index (χ0) is 21.3. The molecular formula is C20H21ClN4O3S2. The third kappa shape index (κ3) is 4.29. The van der Waals surface area contributed by atoms with E-state index in [0.29, 0.717) is 23.2 Å². The summed E-state index contributed by atoms with van der Waals surface area (Å²) >= 11 is 7.22. The number of nitrogens with zero attached hydrogens (tertiary/aromatic N) is 3. The number of amides is 1. The third-order valence-electron chi connectivity index (χ3n) is 5.03. The van der Waals surface area contributed by atoms with Crippen molar-refractivity contribution in [3.8, 4) is 11.3 Å². The van der Waals surface area contributed by atoms with E-state index in [1.54, 1.807) is 19.2 Å². The van der Waals surface area contributed by atoms with Crippen LogP contribution in [0.15, 0.2) is 46.8 Å². The molecule has 158 valence electrons. The van der Waals surface area contributed by atoms with Gasteiger partial charge in [0.25, 0.3) is 5.91 Å². The standard InChI is InChI=1S/C20H21ClN4O3S2/c1-24-12-16(30(27,28)25-9-3-2-4-10-25)11-18(24)19(26)23-20-22-17(13-29-20)14-5-7-15(21)8-6-14/h5-8,11-13H,2-4,9-10H2,1H3,(H,22,23,26). The number of thiazole rings is 1. The number of benzene rings is 1. The second-order valence-electron chi connectivity index (χ2n) is 7.14. The zero-order valence-electron chi connectivity index (χ0n) is 16.3. The van der Waals surface area contributed by atoms with Crippen LogP contribution in [0.5, 0.6) is 0 Å². The Labute approximate surface area is 184 Å². The molecule has 2 aromatic heterocycles. The van der Waals surface area contributed by atoms with Gasteiger partial charge in [-0.2, -0.15) is 4.31 Å². The average Bonchev–Trinajstić information content (AvgIpc) is 3.36. The Kier molecular flexibility index (Phi) is 5.97. The molecule has 0 atom stereocenters. The summed E-state index contributed by atoms with van der Waals surface area (Å²) in [5, 5.41) is 5.68. The lowest BCUT2D eigenvalue weighted by atomic mass is 10.2. The van der Waals surface area contributed by atoms with Crippen LogP contribution >= 0.6 is 22.9 Å². The maximum atomic E-state index is 12.9. The number of aromatic nitrogens is 2. The summed E-state index contributed by atoms with van der Waals surface area (Å²) in [6, 6.07) is 8.70. The van der Waals surface area contributed by atoms with Crippen LogP contribution in [-0.4, -0.2) is 41.3 Å². The number of anilines is 1. The van der Waals surface area contributed by atoms with Crippen LogP contribution in [0, 0.1) is 0 Å². The zero-order valence-corrected chi connectivity index (χ0v) is 18.7. The minimum Gasteiger partial charge on any atom is -0.345 e. The monoisotopic (exact) mass is 464 g/mol. The Hall–Kier alpha value is -2.20. The summed E-state index contributed by atoms with van der Waals surface area (Å²) in [5.74, 6) is -0.408. The fourth-order valence-corrected chi connectivity index (χ4v) is 5.83. The number of halogens is 1. The highest BCUT2D eigenvalue weighted by Gasteiger charge is 2.28. The van der Waals surface area contributed by atoms with Gasteiger partial charge in [0.15, 0.2) is 5.13 Å². The molecule has 4 rings (SSSR count). The Morgan fingerprint density at radius 3 is 2.57 bits per heavy atom. The molecule has 0 saturated carbocycles. The Morgan fingerprint density at radius 2 is 1.87 bits per heavy atom. The molecule has 0 aliphatic carbocycles. The van der Waals surface area contributed by atoms with Gasteiger partial charge in [-0.1, -0.05) is 30.2 Å². The van der Waals surface area contributed by atoms with E-state index in [2.05, 4.69) is 10.3 Å². The lowest BCUT2D eigenvalue weighted by Gasteiger charge is -2.25. The van der Waals surface area contributed by atoms with Crippen molar-refractivity contribution in [3.05, 3.63) is 52.6 Å². The van der Waals surface area contributed by atoms with Crippen molar-refractivity contribution in [3.63, 3.8) is 0 Å². The molecule has 30 heavy (non-hydrogen) atoms. The first-order valence-corrected chi connectivity index (χ1v) is 12.2. The van der Waals surface area contributed by atoms with Gasteiger partial charge in [-0.05, 0) is 31.0 Å². The van der Waals surface area contributed by atoms with E-state index in [4.69, 9.17) is 11.6 Å². The molecule has 10 heteroatoms. The molecule has 1 aliphatic heterocycles. The topological polar surface area (TPSA) is 84.3 Å². The first kappa shape index (κ1) is 21.0. The smallest absolute Gasteiger partial charge is 0.274 e. The predicted molar refractivity (Wildman–Crippen MR) is 119 cm³/mol. The van der Waals surface area contributed by atoms with Crippen molar-refractivity contribution in [2.75, 3.05) is 18.4 Å². The van der Waals surface area contributed by atoms with Crippen molar-refractivity contribution >= 4 is 44.0 Å². The van der Waals surface area contributed by atoms with E-state index in [0.717, 1.165) is 30.5 Å². The van der Waals surface area contributed by atoms with Crippen LogP contribution in [0.2, 0.25) is 5.02 Å². The van der Waals surface area contributed by atoms with Crippen molar-refractivity contribution in [1.82, 2.24) is 13.9 Å². The van der Waals surface area contributed by atoms with Gasteiger partial charge < -0.3 is 4.57 Å².